The quantitative estimate of drug-likeness (QED) is 0.316. The molecular weight excluding hydrogens is 556 g/mol. The molecular formula is C33H55F2N3O5. The van der Waals surface area contributed by atoms with Crippen molar-refractivity contribution >= 4 is 18.0 Å². The molecule has 2 spiro atoms. The van der Waals surface area contributed by atoms with Gasteiger partial charge in [0, 0.05) is 45.1 Å². The number of amides is 2. The molecule has 3 heterocycles. The number of nitrogens with zero attached hydrogens (tertiary/aromatic N) is 3. The van der Waals surface area contributed by atoms with Crippen molar-refractivity contribution in [1.29, 1.82) is 0 Å². The van der Waals surface area contributed by atoms with Crippen molar-refractivity contribution in [3.8, 4) is 0 Å². The van der Waals surface area contributed by atoms with Crippen LogP contribution in [0, 0.1) is 10.8 Å². The van der Waals surface area contributed by atoms with Crippen LogP contribution >= 0.6 is 0 Å². The minimum absolute atomic E-state index is 0.0584. The van der Waals surface area contributed by atoms with Crippen molar-refractivity contribution in [3.05, 3.63) is 0 Å². The highest BCUT2D eigenvalue weighted by Gasteiger charge is 2.49. The summed E-state index contributed by atoms with van der Waals surface area (Å²) in [5.74, 6) is -2.06. The summed E-state index contributed by atoms with van der Waals surface area (Å²) in [7, 11) is 0. The van der Waals surface area contributed by atoms with E-state index in [9.17, 15) is 23.2 Å². The third-order valence-corrected chi connectivity index (χ3v) is 10.2. The summed E-state index contributed by atoms with van der Waals surface area (Å²) in [6, 6.07) is 0.333. The first kappa shape index (κ1) is 33.9. The number of halogens is 2. The number of ether oxygens (including phenoxy) is 2. The highest BCUT2D eigenvalue weighted by Crippen LogP contribution is 2.47. The molecule has 0 aromatic rings. The van der Waals surface area contributed by atoms with Gasteiger partial charge in [0.25, 0.3) is 5.92 Å². The summed E-state index contributed by atoms with van der Waals surface area (Å²) in [6.07, 6.45) is 11.3. The Morgan fingerprint density at radius 1 is 0.674 bits per heavy atom. The van der Waals surface area contributed by atoms with E-state index >= 15 is 0 Å². The van der Waals surface area contributed by atoms with E-state index in [1.54, 1.807) is 0 Å². The van der Waals surface area contributed by atoms with Gasteiger partial charge in [0.1, 0.15) is 17.0 Å². The normalized spacial score (nSPS) is 25.9. The lowest BCUT2D eigenvalue weighted by atomic mass is 9.66. The van der Waals surface area contributed by atoms with E-state index in [0.717, 1.165) is 103 Å². The molecule has 10 heteroatoms. The maximum atomic E-state index is 13.0. The molecule has 43 heavy (non-hydrogen) atoms. The lowest BCUT2D eigenvalue weighted by Gasteiger charge is -2.50. The predicted octanol–water partition coefficient (Wildman–Crippen LogP) is 7.04. The molecule has 0 atom stereocenters. The van der Waals surface area contributed by atoms with E-state index in [-0.39, 0.29) is 25.3 Å². The van der Waals surface area contributed by atoms with Gasteiger partial charge in [0.05, 0.1) is 13.1 Å². The van der Waals surface area contributed by atoms with Gasteiger partial charge < -0.3 is 19.3 Å². The Kier molecular flexibility index (Phi) is 10.1. The van der Waals surface area contributed by atoms with Crippen LogP contribution in [0.5, 0.6) is 0 Å². The molecule has 2 aliphatic carbocycles. The van der Waals surface area contributed by atoms with E-state index in [0.29, 0.717) is 22.7 Å². The number of carbonyl (C=O) groups excluding carboxylic acids is 3. The Bertz CT molecular complexity index is 975. The number of hydrogen-bond acceptors (Lipinski definition) is 6. The summed E-state index contributed by atoms with van der Waals surface area (Å²) in [5.41, 5.74) is -0.262. The van der Waals surface area contributed by atoms with Crippen LogP contribution in [0.15, 0.2) is 0 Å². The van der Waals surface area contributed by atoms with E-state index in [1.807, 2.05) is 56.2 Å². The van der Waals surface area contributed by atoms with Gasteiger partial charge in [-0.2, -0.15) is 0 Å². The molecule has 2 saturated carbocycles. The minimum Gasteiger partial charge on any atom is -0.444 e. The molecule has 3 saturated heterocycles. The van der Waals surface area contributed by atoms with Crippen LogP contribution in [0.1, 0.15) is 119 Å². The maximum absolute atomic E-state index is 13.0. The zero-order chi connectivity index (χ0) is 31.7. The first-order valence-electron chi connectivity index (χ1n) is 16.5. The molecule has 0 N–H and O–H groups in total. The number of carbonyl (C=O) groups is 3. The summed E-state index contributed by atoms with van der Waals surface area (Å²) in [5, 5.41) is 0. The molecule has 2 amide bonds. The third kappa shape index (κ3) is 9.51. The topological polar surface area (TPSA) is 79.4 Å². The average molecular weight is 612 g/mol. The summed E-state index contributed by atoms with van der Waals surface area (Å²) >= 11 is 0. The molecule has 0 aromatic heterocycles. The SMILES string of the molecule is CC(C)(C)OC(=O)N1CCC2(CCC(=O)CC2)CC1.CC(C)(C)OC(=O)N1CCC2(CCC(N3CC(F)(F)C3)CC2)CC1. The van der Waals surface area contributed by atoms with Gasteiger partial charge in [-0.05, 0) is 117 Å². The molecule has 3 aliphatic heterocycles. The molecule has 5 fully saturated rings. The Hall–Kier alpha value is -1.97. The van der Waals surface area contributed by atoms with E-state index < -0.39 is 17.1 Å². The first-order valence-corrected chi connectivity index (χ1v) is 16.5. The minimum atomic E-state index is -2.46. The lowest BCUT2D eigenvalue weighted by Crippen LogP contribution is -2.61. The van der Waals surface area contributed by atoms with E-state index in [4.69, 9.17) is 9.47 Å². The Labute approximate surface area is 257 Å². The zero-order valence-corrected chi connectivity index (χ0v) is 27.4. The predicted molar refractivity (Wildman–Crippen MR) is 161 cm³/mol. The highest BCUT2D eigenvalue weighted by molar-refractivity contribution is 5.79. The Morgan fingerprint density at radius 2 is 1.05 bits per heavy atom. The Balaban J connectivity index is 0.000000203. The fourth-order valence-electron chi connectivity index (χ4n) is 7.43. The molecule has 5 aliphatic rings. The van der Waals surface area contributed by atoms with Crippen molar-refractivity contribution in [2.45, 2.75) is 142 Å². The van der Waals surface area contributed by atoms with Crippen molar-refractivity contribution in [2.75, 3.05) is 39.3 Å². The van der Waals surface area contributed by atoms with Crippen LogP contribution in [0.3, 0.4) is 0 Å². The standard InChI is InChI=1S/C18H30F2N2O2.C15H25NO3/c1-16(2,3)24-15(23)21-10-8-17(9-11-21)6-4-14(5-7-17)22-12-18(19,20)13-22;1-14(2,3)19-13(18)16-10-8-15(9-11-16)6-4-12(17)5-7-15/h14H,4-13H2,1-3H3;4-11H2,1-3H3. The molecule has 0 bridgehead atoms. The fourth-order valence-corrected chi connectivity index (χ4v) is 7.43. The smallest absolute Gasteiger partial charge is 0.410 e. The van der Waals surface area contributed by atoms with Crippen LogP contribution in [0.25, 0.3) is 0 Å². The van der Waals surface area contributed by atoms with Gasteiger partial charge in [0.2, 0.25) is 0 Å². The van der Waals surface area contributed by atoms with Crippen molar-refractivity contribution < 1.29 is 32.6 Å². The fraction of sp³-hybridized carbons (Fsp3) is 0.909. The van der Waals surface area contributed by atoms with Gasteiger partial charge in [-0.1, -0.05) is 0 Å². The number of rotatable bonds is 1. The second-order valence-electron chi connectivity index (χ2n) is 16.0. The summed E-state index contributed by atoms with van der Waals surface area (Å²) in [6.45, 7) is 14.3. The third-order valence-electron chi connectivity index (χ3n) is 10.2. The molecule has 246 valence electrons. The second-order valence-corrected chi connectivity index (χ2v) is 16.0. The van der Waals surface area contributed by atoms with Gasteiger partial charge in [-0.3, -0.25) is 9.69 Å². The summed E-state index contributed by atoms with van der Waals surface area (Å²) < 4.78 is 36.9. The van der Waals surface area contributed by atoms with Gasteiger partial charge >= 0.3 is 12.2 Å². The average Bonchev–Trinajstić information content (AvgIpc) is 2.89. The van der Waals surface area contributed by atoms with E-state index in [1.165, 1.54) is 0 Å². The largest absolute Gasteiger partial charge is 0.444 e. The van der Waals surface area contributed by atoms with Crippen molar-refractivity contribution in [1.82, 2.24) is 14.7 Å². The monoisotopic (exact) mass is 611 g/mol. The summed E-state index contributed by atoms with van der Waals surface area (Å²) in [4.78, 5) is 41.1. The highest BCUT2D eigenvalue weighted by atomic mass is 19.3. The molecule has 5 rings (SSSR count). The molecule has 0 radical (unpaired) electrons. The number of alkyl halides is 2. The van der Waals surface area contributed by atoms with Crippen LogP contribution < -0.4 is 0 Å². The zero-order valence-electron chi connectivity index (χ0n) is 27.4. The number of Topliss-reactive ketones (excluding diaryl/α,β-unsaturated/α-hetero) is 1. The van der Waals surface area contributed by atoms with Gasteiger partial charge in [0.15, 0.2) is 0 Å². The van der Waals surface area contributed by atoms with E-state index in [2.05, 4.69) is 0 Å². The van der Waals surface area contributed by atoms with Gasteiger partial charge in [-0.25, -0.2) is 18.4 Å². The number of ketones is 1. The number of likely N-dealkylation sites (tertiary alicyclic amines) is 3. The molecule has 8 nitrogen and oxygen atoms in total. The van der Waals surface area contributed by atoms with Crippen molar-refractivity contribution in [2.24, 2.45) is 10.8 Å². The van der Waals surface area contributed by atoms with Crippen LogP contribution in [0.2, 0.25) is 0 Å². The van der Waals surface area contributed by atoms with Crippen molar-refractivity contribution in [3.63, 3.8) is 0 Å². The second kappa shape index (κ2) is 12.8. The van der Waals surface area contributed by atoms with Crippen LogP contribution in [-0.2, 0) is 14.3 Å². The first-order chi connectivity index (χ1) is 19.9. The lowest BCUT2D eigenvalue weighted by molar-refractivity contribution is -0.153. The number of piperidine rings is 2. The van der Waals surface area contributed by atoms with Crippen LogP contribution in [0.4, 0.5) is 18.4 Å². The Morgan fingerprint density at radius 3 is 1.40 bits per heavy atom. The number of hydrogen-bond donors (Lipinski definition) is 0. The van der Waals surface area contributed by atoms with Gasteiger partial charge in [-0.15, -0.1) is 0 Å². The molecule has 0 unspecified atom stereocenters. The maximum Gasteiger partial charge on any atom is 0.410 e. The molecule has 0 aromatic carbocycles. The van der Waals surface area contributed by atoms with Crippen LogP contribution in [-0.4, -0.2) is 95.1 Å².